The lowest BCUT2D eigenvalue weighted by Gasteiger charge is -2.12. The Balaban J connectivity index is 1.88. The fourth-order valence-electron chi connectivity index (χ4n) is 2.68. The van der Waals surface area contributed by atoms with Crippen molar-refractivity contribution in [2.45, 2.75) is 13.8 Å². The Morgan fingerprint density at radius 2 is 1.93 bits per heavy atom. The van der Waals surface area contributed by atoms with E-state index in [0.717, 1.165) is 10.6 Å². The molecule has 1 aromatic heterocycles. The van der Waals surface area contributed by atoms with Gasteiger partial charge in [0.25, 0.3) is 5.91 Å². The van der Waals surface area contributed by atoms with Crippen molar-refractivity contribution in [1.29, 1.82) is 0 Å². The molecule has 0 saturated heterocycles. The lowest BCUT2D eigenvalue weighted by molar-refractivity contribution is 0.0522. The van der Waals surface area contributed by atoms with E-state index in [0.29, 0.717) is 16.3 Å². The number of methoxy groups -OCH3 is 1. The van der Waals surface area contributed by atoms with Crippen LogP contribution in [0.2, 0.25) is 5.02 Å². The van der Waals surface area contributed by atoms with Crippen LogP contribution in [0.15, 0.2) is 42.5 Å². The van der Waals surface area contributed by atoms with E-state index in [1.807, 2.05) is 30.3 Å². The van der Waals surface area contributed by atoms with Crippen LogP contribution in [0.5, 0.6) is 5.75 Å². The highest BCUT2D eigenvalue weighted by atomic mass is 35.5. The molecule has 1 amide bonds. The van der Waals surface area contributed by atoms with E-state index in [4.69, 9.17) is 21.1 Å². The van der Waals surface area contributed by atoms with Crippen LogP contribution in [0.1, 0.15) is 32.6 Å². The average Bonchev–Trinajstić information content (AvgIpc) is 3.11. The number of amides is 1. The minimum Gasteiger partial charge on any atom is -0.496 e. The van der Waals surface area contributed by atoms with Crippen LogP contribution in [0.25, 0.3) is 10.6 Å². The summed E-state index contributed by atoms with van der Waals surface area (Å²) in [4.78, 5) is 29.9. The highest BCUT2D eigenvalue weighted by Crippen LogP contribution is 2.33. The Morgan fingerprint density at radius 1 is 1.21 bits per heavy atom. The van der Waals surface area contributed by atoms with Crippen LogP contribution in [-0.2, 0) is 4.74 Å². The molecule has 2 aromatic carbocycles. The zero-order valence-corrected chi connectivity index (χ0v) is 17.7. The molecule has 0 fully saturated rings. The van der Waals surface area contributed by atoms with E-state index >= 15 is 0 Å². The molecule has 0 unspecified atom stereocenters. The second-order valence-corrected chi connectivity index (χ2v) is 7.41. The number of halogens is 1. The number of carbonyl (C=O) groups is 2. The third kappa shape index (κ3) is 4.58. The van der Waals surface area contributed by atoms with Gasteiger partial charge >= 0.3 is 5.97 Å². The molecule has 1 N–H and O–H groups in total. The minimum atomic E-state index is -0.546. The van der Waals surface area contributed by atoms with Gasteiger partial charge in [-0.05, 0) is 19.9 Å². The van der Waals surface area contributed by atoms with E-state index in [1.165, 1.54) is 30.6 Å². The van der Waals surface area contributed by atoms with Crippen molar-refractivity contribution in [3.05, 3.63) is 63.6 Å². The second-order valence-electron chi connectivity index (χ2n) is 6.01. The number of thiazole rings is 1. The van der Waals surface area contributed by atoms with Gasteiger partial charge in [-0.25, -0.2) is 9.78 Å². The Labute approximate surface area is 177 Å². The SMILES string of the molecule is CCOC(=O)c1cc(Cl)c(NC(=O)c2sc(-c3ccccc3)nc2C)cc1OC. The van der Waals surface area contributed by atoms with Gasteiger partial charge in [0.1, 0.15) is 21.2 Å². The number of hydrogen-bond donors (Lipinski definition) is 1. The number of benzene rings is 2. The van der Waals surface area contributed by atoms with Crippen LogP contribution < -0.4 is 10.1 Å². The molecule has 0 aliphatic carbocycles. The van der Waals surface area contributed by atoms with Crippen molar-refractivity contribution >= 4 is 40.5 Å². The zero-order valence-electron chi connectivity index (χ0n) is 16.1. The molecule has 0 radical (unpaired) electrons. The predicted octanol–water partition coefficient (Wildman–Crippen LogP) is 5.21. The summed E-state index contributed by atoms with van der Waals surface area (Å²) in [6, 6.07) is 12.6. The van der Waals surface area contributed by atoms with Crippen molar-refractivity contribution < 1.29 is 19.1 Å². The molecule has 1 heterocycles. The van der Waals surface area contributed by atoms with E-state index in [9.17, 15) is 9.59 Å². The molecule has 0 aliphatic heterocycles. The first-order valence-electron chi connectivity index (χ1n) is 8.83. The molecular weight excluding hydrogens is 412 g/mol. The van der Waals surface area contributed by atoms with Gasteiger partial charge in [-0.3, -0.25) is 4.79 Å². The van der Waals surface area contributed by atoms with E-state index in [-0.39, 0.29) is 28.8 Å². The number of hydrogen-bond acceptors (Lipinski definition) is 6. The fraction of sp³-hybridized carbons (Fsp3) is 0.190. The first kappa shape index (κ1) is 20.8. The number of anilines is 1. The number of esters is 1. The maximum atomic E-state index is 12.8. The van der Waals surface area contributed by atoms with Crippen LogP contribution in [-0.4, -0.2) is 30.6 Å². The van der Waals surface area contributed by atoms with Crippen LogP contribution >= 0.6 is 22.9 Å². The molecule has 29 heavy (non-hydrogen) atoms. The molecule has 0 aliphatic rings. The van der Waals surface area contributed by atoms with Gasteiger partial charge in [-0.15, -0.1) is 11.3 Å². The topological polar surface area (TPSA) is 77.5 Å². The summed E-state index contributed by atoms with van der Waals surface area (Å²) in [5, 5.41) is 3.73. The smallest absolute Gasteiger partial charge is 0.341 e. The minimum absolute atomic E-state index is 0.192. The van der Waals surface area contributed by atoms with Crippen LogP contribution in [0.4, 0.5) is 5.69 Å². The highest BCUT2D eigenvalue weighted by Gasteiger charge is 2.21. The Hall–Kier alpha value is -2.90. The first-order chi connectivity index (χ1) is 13.9. The Kier molecular flexibility index (Phi) is 6.51. The predicted molar refractivity (Wildman–Crippen MR) is 114 cm³/mol. The third-order valence-corrected chi connectivity index (χ3v) is 5.57. The van der Waals surface area contributed by atoms with E-state index < -0.39 is 5.97 Å². The number of rotatable bonds is 6. The van der Waals surface area contributed by atoms with Gasteiger partial charge in [0.2, 0.25) is 0 Å². The van der Waals surface area contributed by atoms with E-state index in [1.54, 1.807) is 13.8 Å². The van der Waals surface area contributed by atoms with Crippen molar-refractivity contribution in [2.75, 3.05) is 19.0 Å². The monoisotopic (exact) mass is 430 g/mol. The quantitative estimate of drug-likeness (QED) is 0.543. The fourth-order valence-corrected chi connectivity index (χ4v) is 3.85. The molecule has 0 atom stereocenters. The summed E-state index contributed by atoms with van der Waals surface area (Å²) in [5.41, 5.74) is 2.09. The van der Waals surface area contributed by atoms with Crippen molar-refractivity contribution in [3.8, 4) is 16.3 Å². The molecule has 8 heteroatoms. The largest absolute Gasteiger partial charge is 0.496 e. The summed E-state index contributed by atoms with van der Waals surface area (Å²) in [6.07, 6.45) is 0. The maximum Gasteiger partial charge on any atom is 0.341 e. The lowest BCUT2D eigenvalue weighted by Crippen LogP contribution is -2.13. The molecule has 6 nitrogen and oxygen atoms in total. The number of nitrogens with zero attached hydrogens (tertiary/aromatic N) is 1. The van der Waals surface area contributed by atoms with Crippen LogP contribution in [0, 0.1) is 6.92 Å². The maximum absolute atomic E-state index is 12.8. The molecule has 150 valence electrons. The van der Waals surface area contributed by atoms with Gasteiger partial charge in [0.15, 0.2) is 0 Å². The normalized spacial score (nSPS) is 10.5. The van der Waals surface area contributed by atoms with Gasteiger partial charge in [0, 0.05) is 11.6 Å². The summed E-state index contributed by atoms with van der Waals surface area (Å²) in [7, 11) is 1.43. The van der Waals surface area contributed by atoms with E-state index in [2.05, 4.69) is 10.3 Å². The Bertz CT molecular complexity index is 1050. The zero-order chi connectivity index (χ0) is 21.0. The van der Waals surface area contributed by atoms with Crippen molar-refractivity contribution in [2.24, 2.45) is 0 Å². The standard InChI is InChI=1S/C21H19ClN2O4S/c1-4-28-21(26)14-10-15(22)16(11-17(14)27-3)24-19(25)18-12(2)23-20(29-18)13-8-6-5-7-9-13/h5-11H,4H2,1-3H3,(H,24,25). The molecular formula is C21H19ClN2O4S. The van der Waals surface area contributed by atoms with Crippen molar-refractivity contribution in [3.63, 3.8) is 0 Å². The summed E-state index contributed by atoms with van der Waals surface area (Å²) >= 11 is 7.58. The lowest BCUT2D eigenvalue weighted by atomic mass is 10.1. The average molecular weight is 431 g/mol. The number of ether oxygens (including phenoxy) is 2. The third-order valence-electron chi connectivity index (χ3n) is 4.06. The van der Waals surface area contributed by atoms with Gasteiger partial charge < -0.3 is 14.8 Å². The highest BCUT2D eigenvalue weighted by molar-refractivity contribution is 7.17. The number of aryl methyl sites for hydroxylation is 1. The number of aromatic nitrogens is 1. The summed E-state index contributed by atoms with van der Waals surface area (Å²) in [5.74, 6) is -0.626. The molecule has 3 rings (SSSR count). The summed E-state index contributed by atoms with van der Waals surface area (Å²) in [6.45, 7) is 3.72. The molecule has 0 saturated carbocycles. The van der Waals surface area contributed by atoms with Gasteiger partial charge in [-0.1, -0.05) is 41.9 Å². The first-order valence-corrected chi connectivity index (χ1v) is 10.0. The van der Waals surface area contributed by atoms with Crippen molar-refractivity contribution in [1.82, 2.24) is 4.98 Å². The van der Waals surface area contributed by atoms with Gasteiger partial charge in [0.05, 0.1) is 30.1 Å². The molecule has 0 spiro atoms. The summed E-state index contributed by atoms with van der Waals surface area (Å²) < 4.78 is 10.3. The number of nitrogens with one attached hydrogen (secondary N) is 1. The molecule has 3 aromatic rings. The molecule has 0 bridgehead atoms. The Morgan fingerprint density at radius 3 is 2.59 bits per heavy atom. The second kappa shape index (κ2) is 9.07. The van der Waals surface area contributed by atoms with Crippen LogP contribution in [0.3, 0.4) is 0 Å². The number of carbonyl (C=O) groups excluding carboxylic acids is 2. The van der Waals surface area contributed by atoms with Gasteiger partial charge in [-0.2, -0.15) is 0 Å².